The van der Waals surface area contributed by atoms with Crippen LogP contribution in [0.25, 0.3) is 21.1 Å². The van der Waals surface area contributed by atoms with Gasteiger partial charge in [-0.25, -0.2) is 17.5 Å². The molecule has 0 unspecified atom stereocenters. The summed E-state index contributed by atoms with van der Waals surface area (Å²) in [5.41, 5.74) is 0.513. The predicted octanol–water partition coefficient (Wildman–Crippen LogP) is 4.55. The van der Waals surface area contributed by atoms with Crippen LogP contribution in [0.15, 0.2) is 62.6 Å². The molecule has 3 aromatic carbocycles. The molecule has 8 nitrogen and oxygen atoms in total. The van der Waals surface area contributed by atoms with Gasteiger partial charge in [-0.15, -0.1) is 0 Å². The molecule has 0 bridgehead atoms. The van der Waals surface area contributed by atoms with Gasteiger partial charge in [-0.2, -0.15) is 0 Å². The van der Waals surface area contributed by atoms with Crippen LogP contribution in [0.4, 0.5) is 5.69 Å². The highest BCUT2D eigenvalue weighted by atomic mass is 32.2. The van der Waals surface area contributed by atoms with Crippen molar-refractivity contribution in [1.29, 1.82) is 0 Å². The highest BCUT2D eigenvalue weighted by Gasteiger charge is 2.33. The first-order valence-corrected chi connectivity index (χ1v) is 12.3. The second kappa shape index (κ2) is 8.87. The second-order valence-corrected chi connectivity index (χ2v) is 9.92. The molecule has 0 spiro atoms. The Morgan fingerprint density at radius 3 is 2.39 bits per heavy atom. The van der Waals surface area contributed by atoms with Gasteiger partial charge in [0.2, 0.25) is 5.91 Å². The van der Waals surface area contributed by atoms with Gasteiger partial charge in [-0.3, -0.25) is 4.79 Å². The minimum Gasteiger partial charge on any atom is -0.493 e. The van der Waals surface area contributed by atoms with Crippen molar-refractivity contribution in [3.8, 4) is 11.5 Å². The van der Waals surface area contributed by atoms with E-state index < -0.39 is 20.9 Å². The molecule has 33 heavy (non-hydrogen) atoms. The highest BCUT2D eigenvalue weighted by Crippen LogP contribution is 2.39. The van der Waals surface area contributed by atoms with Gasteiger partial charge < -0.3 is 13.9 Å². The van der Waals surface area contributed by atoms with Crippen molar-refractivity contribution in [3.05, 3.63) is 58.3 Å². The topological polar surface area (TPSA) is 103 Å². The third-order valence-electron chi connectivity index (χ3n) is 5.12. The van der Waals surface area contributed by atoms with Gasteiger partial charge in [0, 0.05) is 23.3 Å². The molecule has 1 amide bonds. The number of carbonyl (C=O) groups excluding carboxylic acids is 1. The van der Waals surface area contributed by atoms with Crippen LogP contribution in [0.3, 0.4) is 0 Å². The number of nitrogens with zero attached hydrogens (tertiary/aromatic N) is 1. The van der Waals surface area contributed by atoms with Crippen LogP contribution in [0.1, 0.15) is 19.8 Å². The minimum atomic E-state index is -4.34. The average molecular weight is 488 g/mol. The largest absolute Gasteiger partial charge is 0.493 e. The first-order chi connectivity index (χ1) is 15.8. The Labute approximate surface area is 194 Å². The lowest BCUT2D eigenvalue weighted by Crippen LogP contribution is -2.37. The molecular formula is C23H21NO7S2. The van der Waals surface area contributed by atoms with Crippen LogP contribution in [0, 0.1) is 0 Å². The maximum absolute atomic E-state index is 13.8. The van der Waals surface area contributed by atoms with Crippen molar-refractivity contribution in [2.24, 2.45) is 0 Å². The van der Waals surface area contributed by atoms with Crippen LogP contribution in [-0.4, -0.2) is 28.5 Å². The van der Waals surface area contributed by atoms with E-state index in [4.69, 9.17) is 13.9 Å². The number of methoxy groups -OCH3 is 2. The van der Waals surface area contributed by atoms with E-state index in [1.165, 1.54) is 38.5 Å². The van der Waals surface area contributed by atoms with Gasteiger partial charge in [0.1, 0.15) is 0 Å². The standard InChI is InChI=1S/C23H21NO7S2/c1-4-7-21(25)24(33(27,28)14-10-11-18(29-2)19(12-14)30-3)17-13-20-22(31-23(26)32-20)16-9-6-5-8-15(16)17/h5-6,8-13H,4,7H2,1-3H3. The van der Waals surface area contributed by atoms with E-state index in [9.17, 15) is 18.0 Å². The molecule has 0 aliphatic rings. The summed E-state index contributed by atoms with van der Waals surface area (Å²) in [4.78, 5) is 24.5. The number of hydrogen-bond acceptors (Lipinski definition) is 8. The summed E-state index contributed by atoms with van der Waals surface area (Å²) in [5, 5.41) is 1.01. The van der Waals surface area contributed by atoms with E-state index >= 15 is 0 Å². The van der Waals surface area contributed by atoms with Crippen molar-refractivity contribution in [2.45, 2.75) is 24.7 Å². The average Bonchev–Trinajstić information content (AvgIpc) is 3.19. The first-order valence-electron chi connectivity index (χ1n) is 10.1. The fraction of sp³-hybridized carbons (Fsp3) is 0.217. The monoisotopic (exact) mass is 487 g/mol. The third-order valence-corrected chi connectivity index (χ3v) is 7.62. The summed E-state index contributed by atoms with van der Waals surface area (Å²) in [6, 6.07) is 12.6. The number of hydrogen-bond donors (Lipinski definition) is 0. The zero-order valence-electron chi connectivity index (χ0n) is 18.2. The number of ether oxygens (including phenoxy) is 2. The molecule has 0 aliphatic heterocycles. The Bertz CT molecular complexity index is 1520. The normalized spacial score (nSPS) is 11.6. The van der Waals surface area contributed by atoms with Gasteiger partial charge in [-0.05, 0) is 24.6 Å². The lowest BCUT2D eigenvalue weighted by atomic mass is 10.1. The fourth-order valence-electron chi connectivity index (χ4n) is 3.64. The van der Waals surface area contributed by atoms with Crippen LogP contribution < -0.4 is 18.7 Å². The number of amides is 1. The maximum Gasteiger partial charge on any atom is 0.396 e. The molecular weight excluding hydrogens is 466 g/mol. The summed E-state index contributed by atoms with van der Waals surface area (Å²) in [6.45, 7) is 1.79. The molecule has 0 saturated carbocycles. The summed E-state index contributed by atoms with van der Waals surface area (Å²) in [6.07, 6.45) is 0.469. The summed E-state index contributed by atoms with van der Waals surface area (Å²) in [5.74, 6) is -0.0135. The number of carbonyl (C=O) groups is 1. The number of anilines is 1. The molecule has 0 fully saturated rings. The molecule has 0 aliphatic carbocycles. The zero-order valence-corrected chi connectivity index (χ0v) is 19.8. The van der Waals surface area contributed by atoms with E-state index in [1.54, 1.807) is 31.2 Å². The van der Waals surface area contributed by atoms with Crippen LogP contribution in [-0.2, 0) is 14.8 Å². The van der Waals surface area contributed by atoms with Crippen LogP contribution >= 0.6 is 11.3 Å². The Morgan fingerprint density at radius 1 is 1.03 bits per heavy atom. The van der Waals surface area contributed by atoms with E-state index in [1.807, 2.05) is 0 Å². The van der Waals surface area contributed by atoms with Gasteiger partial charge in [0.25, 0.3) is 10.0 Å². The second-order valence-electron chi connectivity index (χ2n) is 7.15. The number of benzene rings is 3. The lowest BCUT2D eigenvalue weighted by Gasteiger charge is -2.24. The smallest absolute Gasteiger partial charge is 0.396 e. The van der Waals surface area contributed by atoms with Gasteiger partial charge >= 0.3 is 4.94 Å². The third kappa shape index (κ3) is 3.96. The number of sulfonamides is 1. The Balaban J connectivity index is 2.02. The molecule has 0 N–H and O–H groups in total. The number of rotatable bonds is 7. The fourth-order valence-corrected chi connectivity index (χ4v) is 5.84. The molecule has 1 aromatic heterocycles. The van der Waals surface area contributed by atoms with Gasteiger partial charge in [-0.1, -0.05) is 42.5 Å². The first kappa shape index (κ1) is 22.8. The van der Waals surface area contributed by atoms with Crippen LogP contribution in [0.5, 0.6) is 11.5 Å². The lowest BCUT2D eigenvalue weighted by molar-refractivity contribution is -0.117. The van der Waals surface area contributed by atoms with E-state index in [-0.39, 0.29) is 22.8 Å². The van der Waals surface area contributed by atoms with Gasteiger partial charge in [0.15, 0.2) is 17.1 Å². The zero-order chi connectivity index (χ0) is 23.8. The highest BCUT2D eigenvalue weighted by molar-refractivity contribution is 7.93. The van der Waals surface area contributed by atoms with Crippen molar-refractivity contribution < 1.29 is 27.1 Å². The molecule has 0 atom stereocenters. The molecule has 4 aromatic rings. The van der Waals surface area contributed by atoms with E-state index in [0.29, 0.717) is 33.2 Å². The van der Waals surface area contributed by atoms with Crippen LogP contribution in [0.2, 0.25) is 0 Å². The summed E-state index contributed by atoms with van der Waals surface area (Å²) < 4.78 is 44.7. The maximum atomic E-state index is 13.8. The quantitative estimate of drug-likeness (QED) is 0.377. The SMILES string of the molecule is CCCC(=O)N(c1cc2sc(=O)oc2c2ccccc12)S(=O)(=O)c1ccc(OC)c(OC)c1. The van der Waals surface area contributed by atoms with Gasteiger partial charge in [0.05, 0.1) is 29.5 Å². The molecule has 172 valence electrons. The summed E-state index contributed by atoms with van der Waals surface area (Å²) in [7, 11) is -1.50. The van der Waals surface area contributed by atoms with Crippen molar-refractivity contribution in [1.82, 2.24) is 0 Å². The molecule has 0 radical (unpaired) electrons. The van der Waals surface area contributed by atoms with Crippen molar-refractivity contribution in [2.75, 3.05) is 18.5 Å². The molecule has 10 heteroatoms. The molecule has 4 rings (SSSR count). The Morgan fingerprint density at radius 2 is 1.73 bits per heavy atom. The Hall–Kier alpha value is -3.37. The van der Waals surface area contributed by atoms with Crippen molar-refractivity contribution in [3.63, 3.8) is 0 Å². The summed E-state index contributed by atoms with van der Waals surface area (Å²) >= 11 is 0.850. The Kier molecular flexibility index (Phi) is 6.13. The molecule has 1 heterocycles. The predicted molar refractivity (Wildman–Crippen MR) is 127 cm³/mol. The van der Waals surface area contributed by atoms with Crippen molar-refractivity contribution >= 4 is 54.0 Å². The minimum absolute atomic E-state index is 0.0144. The number of fused-ring (bicyclic) bond motifs is 3. The molecule has 0 saturated heterocycles. The van der Waals surface area contributed by atoms with E-state index in [0.717, 1.165) is 15.6 Å². The van der Waals surface area contributed by atoms with E-state index in [2.05, 4.69) is 0 Å².